The number of carbonyl (C=O) groups is 1. The smallest absolute Gasteiger partial charge is 0.274 e. The molecule has 1 aliphatic heterocycles. The minimum absolute atomic E-state index is 0.169. The van der Waals surface area contributed by atoms with Gasteiger partial charge in [0.25, 0.3) is 5.91 Å². The molecule has 6 nitrogen and oxygen atoms in total. The maximum Gasteiger partial charge on any atom is 0.274 e. The number of halogens is 3. The number of aliphatic hydroxyl groups excluding tert-OH is 1. The van der Waals surface area contributed by atoms with E-state index in [9.17, 15) is 23.1 Å². The SMILES string of the molecule is C[C@@H]1C[C@H](O)C[C@H](c2ccncc2NC(=O)c2ccc(F)c(-c3c(F)cccc3F)n2)O1. The molecular formula is C23H20F3N3O3. The highest BCUT2D eigenvalue weighted by Crippen LogP contribution is 2.35. The Kier molecular flexibility index (Phi) is 6.20. The molecule has 0 spiro atoms. The largest absolute Gasteiger partial charge is 0.393 e. The molecule has 3 aromatic rings. The van der Waals surface area contributed by atoms with Gasteiger partial charge in [-0.1, -0.05) is 6.07 Å². The Morgan fingerprint density at radius 3 is 2.56 bits per heavy atom. The van der Waals surface area contributed by atoms with Crippen LogP contribution in [-0.2, 0) is 4.74 Å². The molecule has 0 saturated carbocycles. The number of carbonyl (C=O) groups excluding carboxylic acids is 1. The second kappa shape index (κ2) is 9.05. The number of pyridine rings is 2. The summed E-state index contributed by atoms with van der Waals surface area (Å²) in [6.07, 6.45) is 2.64. The van der Waals surface area contributed by atoms with Crippen LogP contribution in [0.5, 0.6) is 0 Å². The summed E-state index contributed by atoms with van der Waals surface area (Å²) in [6.45, 7) is 1.85. The summed E-state index contributed by atoms with van der Waals surface area (Å²) in [5, 5.41) is 12.7. The molecule has 3 atom stereocenters. The zero-order chi connectivity index (χ0) is 22.8. The van der Waals surface area contributed by atoms with Crippen LogP contribution in [-0.4, -0.2) is 33.2 Å². The number of hydrogen-bond acceptors (Lipinski definition) is 5. The third kappa shape index (κ3) is 4.49. The lowest BCUT2D eigenvalue weighted by atomic mass is 9.96. The lowest BCUT2D eigenvalue weighted by Gasteiger charge is -2.32. The number of benzene rings is 1. The first-order valence-electron chi connectivity index (χ1n) is 10.0. The van der Waals surface area contributed by atoms with E-state index in [0.717, 1.165) is 30.3 Å². The number of ether oxygens (including phenoxy) is 1. The standard InChI is InChI=1S/C23H20F3N3O3/c1-12-9-13(30)10-20(32-12)14-7-8-27-11-19(14)29-23(31)18-6-5-17(26)22(28-18)21-15(24)3-2-4-16(21)25/h2-8,11-13,20,30H,9-10H2,1H3,(H,29,31)/t12-,13+,20-/m1/s1. The summed E-state index contributed by atoms with van der Waals surface area (Å²) < 4.78 is 48.5. The monoisotopic (exact) mass is 443 g/mol. The van der Waals surface area contributed by atoms with Crippen molar-refractivity contribution in [2.75, 3.05) is 5.32 Å². The van der Waals surface area contributed by atoms with Crippen molar-refractivity contribution in [1.82, 2.24) is 9.97 Å². The van der Waals surface area contributed by atoms with Gasteiger partial charge in [-0.05, 0) is 43.7 Å². The summed E-state index contributed by atoms with van der Waals surface area (Å²) in [5.74, 6) is -3.68. The summed E-state index contributed by atoms with van der Waals surface area (Å²) >= 11 is 0. The third-order valence-electron chi connectivity index (χ3n) is 5.21. The van der Waals surface area contributed by atoms with E-state index in [-0.39, 0.29) is 11.8 Å². The summed E-state index contributed by atoms with van der Waals surface area (Å²) in [5.41, 5.74) is -0.556. The number of nitrogens with zero attached hydrogens (tertiary/aromatic N) is 2. The molecule has 2 aromatic heterocycles. The van der Waals surface area contributed by atoms with Gasteiger partial charge in [-0.15, -0.1) is 0 Å². The van der Waals surface area contributed by atoms with E-state index >= 15 is 0 Å². The highest BCUT2D eigenvalue weighted by molar-refractivity contribution is 6.03. The first kappa shape index (κ1) is 21.9. The van der Waals surface area contributed by atoms with Gasteiger partial charge in [0, 0.05) is 18.2 Å². The molecule has 0 aliphatic carbocycles. The molecular weight excluding hydrogens is 423 g/mol. The molecule has 4 rings (SSSR count). The van der Waals surface area contributed by atoms with Crippen molar-refractivity contribution in [2.45, 2.75) is 38.1 Å². The Morgan fingerprint density at radius 1 is 1.09 bits per heavy atom. The van der Waals surface area contributed by atoms with Crippen LogP contribution < -0.4 is 5.32 Å². The fourth-order valence-electron chi connectivity index (χ4n) is 3.76. The number of rotatable bonds is 4. The second-order valence-electron chi connectivity index (χ2n) is 7.60. The topological polar surface area (TPSA) is 84.3 Å². The van der Waals surface area contributed by atoms with Gasteiger partial charge in [0.1, 0.15) is 28.8 Å². The molecule has 1 aliphatic rings. The number of hydrogen-bond donors (Lipinski definition) is 2. The van der Waals surface area contributed by atoms with E-state index in [1.807, 2.05) is 6.92 Å². The molecule has 9 heteroatoms. The molecule has 166 valence electrons. The summed E-state index contributed by atoms with van der Waals surface area (Å²) in [6, 6.07) is 6.82. The predicted octanol–water partition coefficient (Wildman–Crippen LogP) is 4.41. The first-order chi connectivity index (χ1) is 15.3. The summed E-state index contributed by atoms with van der Waals surface area (Å²) in [4.78, 5) is 20.7. The maximum atomic E-state index is 14.3. The molecule has 32 heavy (non-hydrogen) atoms. The lowest BCUT2D eigenvalue weighted by molar-refractivity contribution is -0.0892. The summed E-state index contributed by atoms with van der Waals surface area (Å²) in [7, 11) is 0. The highest BCUT2D eigenvalue weighted by Gasteiger charge is 2.29. The molecule has 0 bridgehead atoms. The molecule has 1 fully saturated rings. The van der Waals surface area contributed by atoms with Crippen LogP contribution in [0.25, 0.3) is 11.3 Å². The van der Waals surface area contributed by atoms with Crippen LogP contribution in [0.3, 0.4) is 0 Å². The highest BCUT2D eigenvalue weighted by atomic mass is 19.1. The quantitative estimate of drug-likeness (QED) is 0.624. The van der Waals surface area contributed by atoms with Crippen molar-refractivity contribution < 1.29 is 27.8 Å². The van der Waals surface area contributed by atoms with Crippen molar-refractivity contribution in [3.63, 3.8) is 0 Å². The average Bonchev–Trinajstić information content (AvgIpc) is 2.74. The Labute approximate surface area is 182 Å². The molecule has 1 amide bonds. The second-order valence-corrected chi connectivity index (χ2v) is 7.60. The number of aliphatic hydroxyl groups is 1. The number of amides is 1. The van der Waals surface area contributed by atoms with Crippen LogP contribution in [0.4, 0.5) is 18.9 Å². The zero-order valence-corrected chi connectivity index (χ0v) is 17.1. The Hall–Kier alpha value is -3.30. The van der Waals surface area contributed by atoms with Gasteiger partial charge in [0.05, 0.1) is 35.8 Å². The Bertz CT molecular complexity index is 1130. The zero-order valence-electron chi connectivity index (χ0n) is 17.1. The van der Waals surface area contributed by atoms with Crippen molar-refractivity contribution in [1.29, 1.82) is 0 Å². The fourth-order valence-corrected chi connectivity index (χ4v) is 3.76. The van der Waals surface area contributed by atoms with E-state index in [0.29, 0.717) is 24.1 Å². The van der Waals surface area contributed by atoms with Crippen LogP contribution >= 0.6 is 0 Å². The van der Waals surface area contributed by atoms with Gasteiger partial charge in [0.15, 0.2) is 0 Å². The van der Waals surface area contributed by atoms with E-state index < -0.39 is 46.8 Å². The number of nitrogens with one attached hydrogen (secondary N) is 1. The predicted molar refractivity (Wildman–Crippen MR) is 110 cm³/mol. The molecule has 1 saturated heterocycles. The van der Waals surface area contributed by atoms with Gasteiger partial charge in [0.2, 0.25) is 0 Å². The van der Waals surface area contributed by atoms with Gasteiger partial charge in [-0.3, -0.25) is 9.78 Å². The van der Waals surface area contributed by atoms with Crippen LogP contribution in [0.2, 0.25) is 0 Å². The molecule has 3 heterocycles. The van der Waals surface area contributed by atoms with Crippen molar-refractivity contribution in [3.8, 4) is 11.3 Å². The average molecular weight is 443 g/mol. The number of anilines is 1. The maximum absolute atomic E-state index is 14.3. The van der Waals surface area contributed by atoms with E-state index in [2.05, 4.69) is 15.3 Å². The van der Waals surface area contributed by atoms with Crippen molar-refractivity contribution in [2.24, 2.45) is 0 Å². The van der Waals surface area contributed by atoms with Crippen LogP contribution in [0.1, 0.15) is 41.9 Å². The van der Waals surface area contributed by atoms with E-state index in [4.69, 9.17) is 4.74 Å². The molecule has 2 N–H and O–H groups in total. The minimum Gasteiger partial charge on any atom is -0.393 e. The third-order valence-corrected chi connectivity index (χ3v) is 5.21. The Balaban J connectivity index is 1.64. The van der Waals surface area contributed by atoms with Crippen molar-refractivity contribution in [3.05, 3.63) is 77.5 Å². The minimum atomic E-state index is -0.995. The fraction of sp³-hybridized carbons (Fsp3) is 0.261. The van der Waals surface area contributed by atoms with Gasteiger partial charge in [-0.25, -0.2) is 18.2 Å². The van der Waals surface area contributed by atoms with E-state index in [1.54, 1.807) is 6.07 Å². The Morgan fingerprint density at radius 2 is 1.84 bits per heavy atom. The van der Waals surface area contributed by atoms with Crippen LogP contribution in [0, 0.1) is 17.5 Å². The van der Waals surface area contributed by atoms with Gasteiger partial charge < -0.3 is 15.2 Å². The molecule has 0 radical (unpaired) electrons. The normalized spacial score (nSPS) is 20.7. The van der Waals surface area contributed by atoms with Crippen LogP contribution in [0.15, 0.2) is 48.8 Å². The lowest BCUT2D eigenvalue weighted by Crippen LogP contribution is -2.30. The molecule has 0 unspecified atom stereocenters. The van der Waals surface area contributed by atoms with Crippen molar-refractivity contribution >= 4 is 11.6 Å². The van der Waals surface area contributed by atoms with Gasteiger partial charge in [-0.2, -0.15) is 0 Å². The number of aromatic nitrogens is 2. The molecule has 1 aromatic carbocycles. The first-order valence-corrected chi connectivity index (χ1v) is 10.0. The van der Waals surface area contributed by atoms with E-state index in [1.165, 1.54) is 12.4 Å². The van der Waals surface area contributed by atoms with Gasteiger partial charge >= 0.3 is 0 Å².